The standard InChI is InChI=1S/C22H22FN3O/c1-15-9-16(2)11-19(10-15)25-22(27)18(14-24)12-17-5-6-21(20(23)13-17)26-7-3-4-8-26/h5-6,9-13H,3-4,7-8H2,1-2H3,(H,25,27)/b18-12-. The van der Waals surface area contributed by atoms with E-state index in [1.165, 1.54) is 12.1 Å². The Bertz CT molecular complexity index is 917. The van der Waals surface area contributed by atoms with Gasteiger partial charge in [0.2, 0.25) is 0 Å². The fourth-order valence-electron chi connectivity index (χ4n) is 3.39. The van der Waals surface area contributed by atoms with Crippen LogP contribution in [0.2, 0.25) is 0 Å². The van der Waals surface area contributed by atoms with E-state index >= 15 is 0 Å². The fourth-order valence-corrected chi connectivity index (χ4v) is 3.39. The lowest BCUT2D eigenvalue weighted by Gasteiger charge is -2.18. The summed E-state index contributed by atoms with van der Waals surface area (Å²) < 4.78 is 14.4. The number of benzene rings is 2. The van der Waals surface area contributed by atoms with Gasteiger partial charge >= 0.3 is 0 Å². The number of carbonyl (C=O) groups excluding carboxylic acids is 1. The van der Waals surface area contributed by atoms with E-state index < -0.39 is 5.91 Å². The lowest BCUT2D eigenvalue weighted by Crippen LogP contribution is -2.18. The number of hydrogen-bond donors (Lipinski definition) is 1. The Morgan fingerprint density at radius 2 is 1.81 bits per heavy atom. The maximum absolute atomic E-state index is 14.4. The smallest absolute Gasteiger partial charge is 0.266 e. The Labute approximate surface area is 158 Å². The molecular weight excluding hydrogens is 341 g/mol. The molecule has 1 fully saturated rings. The molecule has 3 rings (SSSR count). The van der Waals surface area contributed by atoms with Crippen molar-refractivity contribution in [2.24, 2.45) is 0 Å². The van der Waals surface area contributed by atoms with Crippen molar-refractivity contribution >= 4 is 23.4 Å². The maximum atomic E-state index is 14.4. The molecule has 1 aliphatic rings. The highest BCUT2D eigenvalue weighted by atomic mass is 19.1. The third kappa shape index (κ3) is 4.53. The molecule has 0 saturated carbocycles. The zero-order chi connectivity index (χ0) is 19.4. The zero-order valence-electron chi connectivity index (χ0n) is 15.6. The van der Waals surface area contributed by atoms with Gasteiger partial charge in [-0.1, -0.05) is 12.1 Å². The first-order valence-electron chi connectivity index (χ1n) is 9.02. The number of nitriles is 1. The summed E-state index contributed by atoms with van der Waals surface area (Å²) in [4.78, 5) is 14.4. The zero-order valence-corrected chi connectivity index (χ0v) is 15.6. The summed E-state index contributed by atoms with van der Waals surface area (Å²) in [6.07, 6.45) is 3.55. The van der Waals surface area contributed by atoms with E-state index in [9.17, 15) is 14.4 Å². The number of carbonyl (C=O) groups is 1. The van der Waals surface area contributed by atoms with Gasteiger partial charge in [-0.05, 0) is 73.7 Å². The molecule has 0 bridgehead atoms. The van der Waals surface area contributed by atoms with Gasteiger partial charge in [-0.15, -0.1) is 0 Å². The quantitative estimate of drug-likeness (QED) is 0.638. The number of amides is 1. The Morgan fingerprint density at radius 3 is 2.41 bits per heavy atom. The molecule has 0 aromatic heterocycles. The van der Waals surface area contributed by atoms with Crippen molar-refractivity contribution in [1.29, 1.82) is 5.26 Å². The fraction of sp³-hybridized carbons (Fsp3) is 0.273. The summed E-state index contributed by atoms with van der Waals surface area (Å²) in [5.41, 5.74) is 3.67. The Hall–Kier alpha value is -3.13. The van der Waals surface area contributed by atoms with E-state index in [-0.39, 0.29) is 11.4 Å². The molecular formula is C22H22FN3O. The molecule has 2 aromatic carbocycles. The van der Waals surface area contributed by atoms with E-state index in [0.29, 0.717) is 16.9 Å². The van der Waals surface area contributed by atoms with Gasteiger partial charge in [0, 0.05) is 18.8 Å². The number of rotatable bonds is 4. The van der Waals surface area contributed by atoms with Crippen molar-refractivity contribution in [2.45, 2.75) is 26.7 Å². The number of halogens is 1. The second-order valence-electron chi connectivity index (χ2n) is 6.91. The highest BCUT2D eigenvalue weighted by Gasteiger charge is 2.16. The lowest BCUT2D eigenvalue weighted by atomic mass is 10.1. The van der Waals surface area contributed by atoms with Crippen LogP contribution in [0.1, 0.15) is 29.5 Å². The van der Waals surface area contributed by atoms with E-state index in [1.807, 2.05) is 43.0 Å². The average Bonchev–Trinajstić information content (AvgIpc) is 3.13. The molecule has 0 radical (unpaired) electrons. The number of nitrogens with zero attached hydrogens (tertiary/aromatic N) is 2. The molecule has 138 valence electrons. The summed E-state index contributed by atoms with van der Waals surface area (Å²) in [5, 5.41) is 12.1. The third-order valence-corrected chi connectivity index (χ3v) is 4.57. The van der Waals surface area contributed by atoms with Crippen LogP contribution in [0, 0.1) is 31.0 Å². The van der Waals surface area contributed by atoms with Crippen LogP contribution in [0.25, 0.3) is 6.08 Å². The van der Waals surface area contributed by atoms with Gasteiger partial charge in [-0.3, -0.25) is 4.79 Å². The van der Waals surface area contributed by atoms with Gasteiger partial charge in [0.15, 0.2) is 0 Å². The van der Waals surface area contributed by atoms with Crippen LogP contribution in [0.4, 0.5) is 15.8 Å². The number of anilines is 2. The third-order valence-electron chi connectivity index (χ3n) is 4.57. The topological polar surface area (TPSA) is 56.1 Å². The molecule has 5 heteroatoms. The van der Waals surface area contributed by atoms with Crippen LogP contribution in [-0.2, 0) is 4.79 Å². The summed E-state index contributed by atoms with van der Waals surface area (Å²) in [6.45, 7) is 5.59. The van der Waals surface area contributed by atoms with E-state index in [2.05, 4.69) is 5.32 Å². The van der Waals surface area contributed by atoms with Gasteiger partial charge in [0.25, 0.3) is 5.91 Å². The van der Waals surface area contributed by atoms with Gasteiger partial charge in [0.1, 0.15) is 17.5 Å². The first-order chi connectivity index (χ1) is 13.0. The minimum absolute atomic E-state index is 0.0671. The summed E-state index contributed by atoms with van der Waals surface area (Å²) >= 11 is 0. The first kappa shape index (κ1) is 18.7. The number of hydrogen-bond acceptors (Lipinski definition) is 3. The normalized spacial score (nSPS) is 14.1. The molecule has 4 nitrogen and oxygen atoms in total. The van der Waals surface area contributed by atoms with Crippen molar-refractivity contribution in [2.75, 3.05) is 23.3 Å². The Kier molecular flexibility index (Phi) is 5.56. The van der Waals surface area contributed by atoms with E-state index in [4.69, 9.17) is 0 Å². The molecule has 1 heterocycles. The molecule has 0 spiro atoms. The number of aryl methyl sites for hydroxylation is 2. The Balaban J connectivity index is 1.80. The predicted octanol–water partition coefficient (Wildman–Crippen LogP) is 4.59. The summed E-state index contributed by atoms with van der Waals surface area (Å²) in [6, 6.07) is 12.4. The molecule has 1 saturated heterocycles. The van der Waals surface area contributed by atoms with Crippen LogP contribution in [0.5, 0.6) is 0 Å². The molecule has 1 aliphatic heterocycles. The van der Waals surface area contributed by atoms with Crippen molar-refractivity contribution in [3.8, 4) is 6.07 Å². The largest absolute Gasteiger partial charge is 0.369 e. The van der Waals surface area contributed by atoms with Gasteiger partial charge in [0.05, 0.1) is 5.69 Å². The molecule has 0 atom stereocenters. The first-order valence-corrected chi connectivity index (χ1v) is 9.02. The minimum atomic E-state index is -0.508. The van der Waals surface area contributed by atoms with Crippen molar-refractivity contribution in [3.05, 3.63) is 64.5 Å². The predicted molar refractivity (Wildman–Crippen MR) is 106 cm³/mol. The SMILES string of the molecule is Cc1cc(C)cc(NC(=O)/C(C#N)=C\c2ccc(N3CCCC3)c(F)c2)c1. The summed E-state index contributed by atoms with van der Waals surface area (Å²) in [7, 11) is 0. The van der Waals surface area contributed by atoms with Crippen LogP contribution in [0.3, 0.4) is 0 Å². The highest BCUT2D eigenvalue weighted by molar-refractivity contribution is 6.09. The molecule has 0 aliphatic carbocycles. The summed E-state index contributed by atoms with van der Waals surface area (Å²) in [5.74, 6) is -0.843. The van der Waals surface area contributed by atoms with Crippen LogP contribution >= 0.6 is 0 Å². The van der Waals surface area contributed by atoms with Gasteiger partial charge in [-0.25, -0.2) is 4.39 Å². The highest BCUT2D eigenvalue weighted by Crippen LogP contribution is 2.25. The van der Waals surface area contributed by atoms with Crippen molar-refractivity contribution in [3.63, 3.8) is 0 Å². The van der Waals surface area contributed by atoms with Crippen LogP contribution in [0.15, 0.2) is 42.0 Å². The minimum Gasteiger partial charge on any atom is -0.369 e. The van der Waals surface area contributed by atoms with Crippen LogP contribution < -0.4 is 10.2 Å². The second-order valence-corrected chi connectivity index (χ2v) is 6.91. The second kappa shape index (κ2) is 8.05. The monoisotopic (exact) mass is 363 g/mol. The van der Waals surface area contributed by atoms with Crippen molar-refractivity contribution < 1.29 is 9.18 Å². The molecule has 1 N–H and O–H groups in total. The average molecular weight is 363 g/mol. The van der Waals surface area contributed by atoms with Gasteiger partial charge < -0.3 is 10.2 Å². The molecule has 2 aromatic rings. The van der Waals surface area contributed by atoms with Crippen LogP contribution in [-0.4, -0.2) is 19.0 Å². The maximum Gasteiger partial charge on any atom is 0.266 e. The molecule has 1 amide bonds. The van der Waals surface area contributed by atoms with E-state index in [0.717, 1.165) is 37.1 Å². The molecule has 0 unspecified atom stereocenters. The lowest BCUT2D eigenvalue weighted by molar-refractivity contribution is -0.112. The van der Waals surface area contributed by atoms with E-state index in [1.54, 1.807) is 12.1 Å². The Morgan fingerprint density at radius 1 is 1.15 bits per heavy atom. The molecule has 27 heavy (non-hydrogen) atoms. The van der Waals surface area contributed by atoms with Crippen molar-refractivity contribution in [1.82, 2.24) is 0 Å². The van der Waals surface area contributed by atoms with Gasteiger partial charge in [-0.2, -0.15) is 5.26 Å². The number of nitrogens with one attached hydrogen (secondary N) is 1.